The Hall–Kier alpha value is -3.57. The molecule has 3 atom stereocenters. The zero-order valence-electron chi connectivity index (χ0n) is 25.6. The molecule has 7 rings (SSSR count). The second kappa shape index (κ2) is 12.2. The molecular formula is C34H35Cl2FN4O5. The van der Waals surface area contributed by atoms with Crippen molar-refractivity contribution in [3.05, 3.63) is 75.0 Å². The second-order valence-electron chi connectivity index (χ2n) is 12.6. The summed E-state index contributed by atoms with van der Waals surface area (Å²) < 4.78 is 27.5. The van der Waals surface area contributed by atoms with Crippen LogP contribution in [0.5, 0.6) is 5.75 Å². The monoisotopic (exact) mass is 668 g/mol. The fourth-order valence-electron chi connectivity index (χ4n) is 7.40. The van der Waals surface area contributed by atoms with E-state index in [1.54, 1.807) is 30.3 Å². The summed E-state index contributed by atoms with van der Waals surface area (Å²) in [5.41, 5.74) is 2.88. The van der Waals surface area contributed by atoms with Crippen molar-refractivity contribution in [1.29, 1.82) is 0 Å². The molecule has 0 aliphatic carbocycles. The van der Waals surface area contributed by atoms with Gasteiger partial charge in [0.1, 0.15) is 11.6 Å². The first-order chi connectivity index (χ1) is 22.1. The smallest absolute Gasteiger partial charge is 0.337 e. The Morgan fingerprint density at radius 2 is 1.72 bits per heavy atom. The Labute approximate surface area is 277 Å². The molecule has 3 aromatic carbocycles. The lowest BCUT2D eigenvalue weighted by Crippen LogP contribution is -2.50. The number of para-hydroxylation sites is 1. The first kappa shape index (κ1) is 31.1. The summed E-state index contributed by atoms with van der Waals surface area (Å²) >= 11 is 13.4. The van der Waals surface area contributed by atoms with Crippen molar-refractivity contribution in [1.82, 2.24) is 9.80 Å². The molecule has 1 N–H and O–H groups in total. The Kier molecular flexibility index (Phi) is 8.25. The van der Waals surface area contributed by atoms with Crippen LogP contribution < -0.4 is 14.5 Å². The van der Waals surface area contributed by atoms with E-state index in [0.29, 0.717) is 35.8 Å². The lowest BCUT2D eigenvalue weighted by Gasteiger charge is -2.40. The molecular weight excluding hydrogens is 634 g/mol. The van der Waals surface area contributed by atoms with Crippen molar-refractivity contribution in [2.45, 2.75) is 44.4 Å². The molecule has 3 saturated heterocycles. The standard InChI is InChI=1S/C34H35Cl2FN4O5/c1-19-14-38(2)8-9-40(19)23-10-27(35)31(28(36)11-23)33(42)39-15-20-4-3-5-24(32(20)46-18-39)25-13-30(26(34(43)44)12-29(25)37)41-21-6-7-22(41)17-45-16-21/h3-5,10-13,19,21-22H,6-9,14-18H2,1-2H3,(H,43,44)/t19-,21?,22?/m1/s1. The van der Waals surface area contributed by atoms with E-state index in [4.69, 9.17) is 32.7 Å². The van der Waals surface area contributed by atoms with E-state index in [9.17, 15) is 14.7 Å². The van der Waals surface area contributed by atoms with Gasteiger partial charge in [-0.1, -0.05) is 41.4 Å². The topological polar surface area (TPSA) is 85.8 Å². The number of piperazine rings is 1. The number of carboxylic acid groups (broad SMARTS) is 1. The Morgan fingerprint density at radius 1 is 1.00 bits per heavy atom. The van der Waals surface area contributed by atoms with E-state index in [1.165, 1.54) is 4.90 Å². The first-order valence-electron chi connectivity index (χ1n) is 15.5. The molecule has 4 aliphatic heterocycles. The molecule has 4 aliphatic rings. The maximum Gasteiger partial charge on any atom is 0.337 e. The molecule has 0 saturated carbocycles. The molecule has 4 heterocycles. The van der Waals surface area contributed by atoms with E-state index >= 15 is 4.39 Å². The van der Waals surface area contributed by atoms with Gasteiger partial charge in [-0.2, -0.15) is 0 Å². The van der Waals surface area contributed by atoms with Gasteiger partial charge in [-0.25, -0.2) is 9.18 Å². The molecule has 2 unspecified atom stereocenters. The zero-order valence-corrected chi connectivity index (χ0v) is 27.2. The molecule has 1 amide bonds. The average molecular weight is 670 g/mol. The fraction of sp³-hybridized carbons (Fsp3) is 0.412. The quantitative estimate of drug-likeness (QED) is 0.355. The van der Waals surface area contributed by atoms with Crippen LogP contribution in [-0.2, 0) is 11.3 Å². The van der Waals surface area contributed by atoms with E-state index < -0.39 is 11.8 Å². The molecule has 46 heavy (non-hydrogen) atoms. The Bertz CT molecular complexity index is 1680. The van der Waals surface area contributed by atoms with Crippen LogP contribution in [-0.4, -0.2) is 91.5 Å². The number of halogens is 3. The molecule has 2 bridgehead atoms. The highest BCUT2D eigenvalue weighted by Gasteiger charge is 2.40. The van der Waals surface area contributed by atoms with Crippen LogP contribution >= 0.6 is 23.2 Å². The van der Waals surface area contributed by atoms with E-state index in [1.807, 2.05) is 6.07 Å². The average Bonchev–Trinajstić information content (AvgIpc) is 3.26. The fourth-order valence-corrected chi connectivity index (χ4v) is 8.04. The molecule has 3 aromatic rings. The number of nitrogens with zero attached hydrogens (tertiary/aromatic N) is 4. The third-order valence-electron chi connectivity index (χ3n) is 9.64. The van der Waals surface area contributed by atoms with Gasteiger partial charge in [0.05, 0.1) is 58.7 Å². The third-order valence-corrected chi connectivity index (χ3v) is 10.2. The summed E-state index contributed by atoms with van der Waals surface area (Å²) in [5.74, 6) is -1.77. The van der Waals surface area contributed by atoms with Crippen molar-refractivity contribution in [3.8, 4) is 16.9 Å². The number of carbonyl (C=O) groups is 2. The van der Waals surface area contributed by atoms with Gasteiger partial charge in [-0.3, -0.25) is 4.79 Å². The predicted octanol–water partition coefficient (Wildman–Crippen LogP) is 6.00. The van der Waals surface area contributed by atoms with Gasteiger partial charge >= 0.3 is 5.97 Å². The van der Waals surface area contributed by atoms with Crippen molar-refractivity contribution in [3.63, 3.8) is 0 Å². The van der Waals surface area contributed by atoms with Gasteiger partial charge in [-0.05, 0) is 51.1 Å². The number of fused-ring (bicyclic) bond motifs is 3. The minimum Gasteiger partial charge on any atom is -0.478 e. The van der Waals surface area contributed by atoms with Crippen molar-refractivity contribution in [2.24, 2.45) is 0 Å². The molecule has 12 heteroatoms. The van der Waals surface area contributed by atoms with Gasteiger partial charge in [0, 0.05) is 48.1 Å². The number of carbonyl (C=O) groups excluding carboxylic acids is 1. The molecule has 0 aromatic heterocycles. The lowest BCUT2D eigenvalue weighted by molar-refractivity contribution is 0.0516. The van der Waals surface area contributed by atoms with E-state index in [-0.39, 0.29) is 64.0 Å². The van der Waals surface area contributed by atoms with Gasteiger partial charge in [-0.15, -0.1) is 0 Å². The molecule has 9 nitrogen and oxygen atoms in total. The molecule has 0 radical (unpaired) electrons. The van der Waals surface area contributed by atoms with Crippen LogP contribution in [0.4, 0.5) is 15.8 Å². The van der Waals surface area contributed by atoms with Crippen LogP contribution in [0.1, 0.15) is 46.0 Å². The van der Waals surface area contributed by atoms with Gasteiger partial charge < -0.3 is 34.2 Å². The predicted molar refractivity (Wildman–Crippen MR) is 175 cm³/mol. The number of carboxylic acids is 1. The minimum absolute atomic E-state index is 0.0355. The SMILES string of the molecule is C[C@@H]1CN(C)CCN1c1cc(Cl)c(C(=O)N2COc3c(cccc3-c3cc(N4C5CCC4COC5)c(C(=O)O)cc3F)C2)c(Cl)c1. The summed E-state index contributed by atoms with van der Waals surface area (Å²) in [4.78, 5) is 34.1. The van der Waals surface area contributed by atoms with Crippen LogP contribution in [0, 0.1) is 5.82 Å². The Morgan fingerprint density at radius 3 is 2.39 bits per heavy atom. The second-order valence-corrected chi connectivity index (χ2v) is 13.5. The van der Waals surface area contributed by atoms with Crippen LogP contribution in [0.3, 0.4) is 0 Å². The molecule has 3 fully saturated rings. The number of rotatable bonds is 5. The van der Waals surface area contributed by atoms with Gasteiger partial charge in [0.2, 0.25) is 0 Å². The third kappa shape index (κ3) is 5.45. The summed E-state index contributed by atoms with van der Waals surface area (Å²) in [6.45, 7) is 5.90. The van der Waals surface area contributed by atoms with Crippen LogP contribution in [0.15, 0.2) is 42.5 Å². The van der Waals surface area contributed by atoms with Gasteiger partial charge in [0.15, 0.2) is 6.73 Å². The highest BCUT2D eigenvalue weighted by atomic mass is 35.5. The summed E-state index contributed by atoms with van der Waals surface area (Å²) in [5, 5.41) is 10.5. The van der Waals surface area contributed by atoms with Crippen molar-refractivity contribution >= 4 is 46.5 Å². The van der Waals surface area contributed by atoms with Crippen LogP contribution in [0.25, 0.3) is 11.1 Å². The first-order valence-corrected chi connectivity index (χ1v) is 16.3. The highest BCUT2D eigenvalue weighted by Crippen LogP contribution is 2.43. The normalized spacial score (nSPS) is 22.9. The Balaban J connectivity index is 1.17. The van der Waals surface area contributed by atoms with E-state index in [0.717, 1.165) is 44.2 Å². The number of aromatic carboxylic acids is 1. The summed E-state index contributed by atoms with van der Waals surface area (Å²) in [7, 11) is 2.09. The number of hydrogen-bond donors (Lipinski definition) is 1. The van der Waals surface area contributed by atoms with E-state index in [2.05, 4.69) is 28.7 Å². The number of likely N-dealkylation sites (N-methyl/N-ethyl adjacent to an activating group) is 1. The maximum absolute atomic E-state index is 15.7. The molecule has 0 spiro atoms. The number of morpholine rings is 1. The number of anilines is 2. The number of benzene rings is 3. The van der Waals surface area contributed by atoms with Gasteiger partial charge in [0.25, 0.3) is 5.91 Å². The summed E-state index contributed by atoms with van der Waals surface area (Å²) in [6.07, 6.45) is 1.77. The number of ether oxygens (including phenoxy) is 2. The van der Waals surface area contributed by atoms with Crippen molar-refractivity contribution in [2.75, 3.05) is 56.4 Å². The largest absolute Gasteiger partial charge is 0.478 e. The lowest BCUT2D eigenvalue weighted by atomic mass is 9.96. The molecule has 242 valence electrons. The van der Waals surface area contributed by atoms with Crippen molar-refractivity contribution < 1.29 is 28.6 Å². The number of hydrogen-bond acceptors (Lipinski definition) is 7. The summed E-state index contributed by atoms with van der Waals surface area (Å²) in [6, 6.07) is 12.0. The zero-order chi connectivity index (χ0) is 32.3. The maximum atomic E-state index is 15.7. The number of amides is 1. The highest BCUT2D eigenvalue weighted by molar-refractivity contribution is 6.40. The minimum atomic E-state index is -1.18. The van der Waals surface area contributed by atoms with Crippen LogP contribution in [0.2, 0.25) is 10.0 Å².